The second-order valence-corrected chi connectivity index (χ2v) is 5.23. The van der Waals surface area contributed by atoms with Crippen LogP contribution in [-0.2, 0) is 9.59 Å². The number of aliphatic hydroxyl groups is 1. The molecule has 1 rings (SSSR count). The standard InChI is InChI=1S/C12H21N3O5/c1-6(2)13-10(17)7(3)14-12(20)15-5-8(16)4-9(15)11(18)19/h6-9,16H,4-5H2,1-3H3,(H,13,17)(H,14,20)(H,18,19)/t7?,8?,9-/m0/s1. The van der Waals surface area contributed by atoms with E-state index in [0.29, 0.717) is 0 Å². The van der Waals surface area contributed by atoms with E-state index in [2.05, 4.69) is 10.6 Å². The molecule has 1 aliphatic rings. The van der Waals surface area contributed by atoms with Crippen LogP contribution in [0.15, 0.2) is 0 Å². The van der Waals surface area contributed by atoms with E-state index >= 15 is 0 Å². The highest BCUT2D eigenvalue weighted by atomic mass is 16.4. The number of carbonyl (C=O) groups excluding carboxylic acids is 2. The minimum atomic E-state index is -1.17. The Bertz CT molecular complexity index is 399. The Hall–Kier alpha value is -1.83. The Morgan fingerprint density at radius 2 is 1.80 bits per heavy atom. The molecule has 8 heteroatoms. The third kappa shape index (κ3) is 4.09. The van der Waals surface area contributed by atoms with Gasteiger partial charge in [-0.25, -0.2) is 9.59 Å². The summed E-state index contributed by atoms with van der Waals surface area (Å²) in [7, 11) is 0. The lowest BCUT2D eigenvalue weighted by molar-refractivity contribution is -0.141. The molecule has 4 N–H and O–H groups in total. The van der Waals surface area contributed by atoms with Crippen molar-refractivity contribution in [3.8, 4) is 0 Å². The van der Waals surface area contributed by atoms with Gasteiger partial charge in [-0.3, -0.25) is 4.79 Å². The monoisotopic (exact) mass is 287 g/mol. The molecule has 1 fully saturated rings. The summed E-state index contributed by atoms with van der Waals surface area (Å²) in [6, 6.07) is -2.56. The first-order valence-electron chi connectivity index (χ1n) is 6.50. The van der Waals surface area contributed by atoms with E-state index in [1.807, 2.05) is 0 Å². The van der Waals surface area contributed by atoms with Crippen LogP contribution in [0.5, 0.6) is 0 Å². The Morgan fingerprint density at radius 1 is 1.20 bits per heavy atom. The van der Waals surface area contributed by atoms with Crippen molar-refractivity contribution < 1.29 is 24.6 Å². The van der Waals surface area contributed by atoms with Gasteiger partial charge in [0.2, 0.25) is 5.91 Å². The lowest BCUT2D eigenvalue weighted by Gasteiger charge is -2.24. The van der Waals surface area contributed by atoms with Crippen molar-refractivity contribution in [2.24, 2.45) is 0 Å². The molecule has 1 saturated heterocycles. The third-order valence-electron chi connectivity index (χ3n) is 2.99. The zero-order valence-electron chi connectivity index (χ0n) is 11.8. The molecule has 0 aliphatic carbocycles. The van der Waals surface area contributed by atoms with E-state index in [1.165, 1.54) is 6.92 Å². The maximum atomic E-state index is 12.0. The van der Waals surface area contributed by atoms with Gasteiger partial charge in [-0.2, -0.15) is 0 Å². The van der Waals surface area contributed by atoms with Gasteiger partial charge in [0.1, 0.15) is 12.1 Å². The van der Waals surface area contributed by atoms with E-state index in [4.69, 9.17) is 5.11 Å². The number of carbonyl (C=O) groups is 3. The molecule has 2 unspecified atom stereocenters. The summed E-state index contributed by atoms with van der Waals surface area (Å²) in [4.78, 5) is 35.7. The summed E-state index contributed by atoms with van der Waals surface area (Å²) < 4.78 is 0. The molecule has 0 saturated carbocycles. The zero-order valence-corrected chi connectivity index (χ0v) is 11.8. The van der Waals surface area contributed by atoms with Gasteiger partial charge >= 0.3 is 12.0 Å². The van der Waals surface area contributed by atoms with Gasteiger partial charge in [0.05, 0.1) is 6.10 Å². The second-order valence-electron chi connectivity index (χ2n) is 5.23. The average molecular weight is 287 g/mol. The van der Waals surface area contributed by atoms with Crippen LogP contribution in [0, 0.1) is 0 Å². The lowest BCUT2D eigenvalue weighted by Crippen LogP contribution is -2.53. The van der Waals surface area contributed by atoms with Crippen molar-refractivity contribution in [2.45, 2.75) is 51.4 Å². The van der Waals surface area contributed by atoms with Gasteiger partial charge in [0.25, 0.3) is 0 Å². The molecule has 3 atom stereocenters. The largest absolute Gasteiger partial charge is 0.480 e. The van der Waals surface area contributed by atoms with Gasteiger partial charge in [0, 0.05) is 19.0 Å². The quantitative estimate of drug-likeness (QED) is 0.536. The predicted molar refractivity (Wildman–Crippen MR) is 70.0 cm³/mol. The smallest absolute Gasteiger partial charge is 0.326 e. The molecular weight excluding hydrogens is 266 g/mol. The Morgan fingerprint density at radius 3 is 2.30 bits per heavy atom. The van der Waals surface area contributed by atoms with Gasteiger partial charge < -0.3 is 25.7 Å². The fraction of sp³-hybridized carbons (Fsp3) is 0.750. The molecular formula is C12H21N3O5. The molecule has 0 aromatic carbocycles. The highest BCUT2D eigenvalue weighted by Gasteiger charge is 2.39. The van der Waals surface area contributed by atoms with Crippen LogP contribution in [0.2, 0.25) is 0 Å². The van der Waals surface area contributed by atoms with Gasteiger partial charge in [-0.05, 0) is 20.8 Å². The van der Waals surface area contributed by atoms with Crippen molar-refractivity contribution in [1.82, 2.24) is 15.5 Å². The minimum absolute atomic E-state index is 0.00464. The van der Waals surface area contributed by atoms with Gasteiger partial charge in [-0.1, -0.05) is 0 Å². The molecule has 8 nitrogen and oxygen atoms in total. The number of carboxylic acid groups (broad SMARTS) is 1. The van der Waals surface area contributed by atoms with Gasteiger partial charge in [-0.15, -0.1) is 0 Å². The molecule has 3 amide bonds. The molecule has 0 spiro atoms. The molecule has 1 heterocycles. The van der Waals surface area contributed by atoms with Crippen LogP contribution in [-0.4, -0.2) is 63.8 Å². The number of hydrogen-bond donors (Lipinski definition) is 4. The van der Waals surface area contributed by atoms with Crippen LogP contribution in [0.3, 0.4) is 0 Å². The molecule has 114 valence electrons. The number of β-amino-alcohol motifs (C(OH)–C–C–N with tert-alkyl or cyclic N) is 1. The van der Waals surface area contributed by atoms with Crippen molar-refractivity contribution in [1.29, 1.82) is 0 Å². The highest BCUT2D eigenvalue weighted by molar-refractivity contribution is 5.89. The summed E-state index contributed by atoms with van der Waals surface area (Å²) in [6.07, 6.45) is -0.864. The molecule has 1 aliphatic heterocycles. The summed E-state index contributed by atoms with van der Waals surface area (Å²) in [5.74, 6) is -1.52. The number of nitrogens with zero attached hydrogens (tertiary/aromatic N) is 1. The number of likely N-dealkylation sites (tertiary alicyclic amines) is 1. The van der Waals surface area contributed by atoms with E-state index in [-0.39, 0.29) is 24.9 Å². The van der Waals surface area contributed by atoms with Crippen molar-refractivity contribution in [3.05, 3.63) is 0 Å². The zero-order chi connectivity index (χ0) is 15.4. The van der Waals surface area contributed by atoms with Crippen LogP contribution >= 0.6 is 0 Å². The highest BCUT2D eigenvalue weighted by Crippen LogP contribution is 2.18. The summed E-state index contributed by atoms with van der Waals surface area (Å²) in [5.41, 5.74) is 0. The Kier molecular flexibility index (Phi) is 5.32. The third-order valence-corrected chi connectivity index (χ3v) is 2.99. The molecule has 0 radical (unpaired) electrons. The molecule has 0 aromatic rings. The number of nitrogens with one attached hydrogen (secondary N) is 2. The van der Waals surface area contributed by atoms with Crippen LogP contribution in [0.25, 0.3) is 0 Å². The van der Waals surface area contributed by atoms with Crippen LogP contribution < -0.4 is 10.6 Å². The summed E-state index contributed by atoms with van der Waals surface area (Å²) in [5, 5.41) is 23.5. The molecule has 0 aromatic heterocycles. The summed E-state index contributed by atoms with van der Waals surface area (Å²) in [6.45, 7) is 5.05. The Labute approximate surface area is 117 Å². The van der Waals surface area contributed by atoms with E-state index in [0.717, 1.165) is 4.90 Å². The van der Waals surface area contributed by atoms with Crippen molar-refractivity contribution in [2.75, 3.05) is 6.54 Å². The second kappa shape index (κ2) is 6.56. The van der Waals surface area contributed by atoms with Crippen LogP contribution in [0.4, 0.5) is 4.79 Å². The fourth-order valence-corrected chi connectivity index (χ4v) is 2.02. The number of rotatable bonds is 4. The minimum Gasteiger partial charge on any atom is -0.480 e. The maximum Gasteiger partial charge on any atom is 0.326 e. The lowest BCUT2D eigenvalue weighted by atomic mass is 10.2. The number of amides is 3. The molecule has 0 bridgehead atoms. The van der Waals surface area contributed by atoms with Gasteiger partial charge in [0.15, 0.2) is 0 Å². The van der Waals surface area contributed by atoms with E-state index < -0.39 is 30.2 Å². The topological polar surface area (TPSA) is 119 Å². The Balaban J connectivity index is 2.61. The van der Waals surface area contributed by atoms with E-state index in [9.17, 15) is 19.5 Å². The van der Waals surface area contributed by atoms with Crippen molar-refractivity contribution >= 4 is 17.9 Å². The first-order chi connectivity index (χ1) is 9.22. The van der Waals surface area contributed by atoms with Crippen molar-refractivity contribution in [3.63, 3.8) is 0 Å². The van der Waals surface area contributed by atoms with E-state index in [1.54, 1.807) is 13.8 Å². The SMILES string of the molecule is CC(C)NC(=O)C(C)NC(=O)N1CC(O)C[C@H]1C(=O)O. The number of carboxylic acids is 1. The van der Waals surface area contributed by atoms with Crippen LogP contribution in [0.1, 0.15) is 27.2 Å². The summed E-state index contributed by atoms with van der Waals surface area (Å²) >= 11 is 0. The maximum absolute atomic E-state index is 12.0. The first-order valence-corrected chi connectivity index (χ1v) is 6.50. The fourth-order valence-electron chi connectivity index (χ4n) is 2.02. The predicted octanol–water partition coefficient (Wildman–Crippen LogP) is -0.871. The number of hydrogen-bond acceptors (Lipinski definition) is 4. The average Bonchev–Trinajstić information content (AvgIpc) is 2.70. The number of aliphatic carboxylic acids is 1. The normalized spacial score (nSPS) is 23.6. The first kappa shape index (κ1) is 16.2. The molecule has 20 heavy (non-hydrogen) atoms. The number of urea groups is 1. The number of aliphatic hydroxyl groups excluding tert-OH is 1.